The highest BCUT2D eigenvalue weighted by Gasteiger charge is 2.10. The highest BCUT2D eigenvalue weighted by Crippen LogP contribution is 2.27. The second-order valence-corrected chi connectivity index (χ2v) is 7.87. The monoisotopic (exact) mass is 433 g/mol. The number of imidazole rings is 1. The average molecular weight is 434 g/mol. The molecule has 4 aromatic rings. The summed E-state index contributed by atoms with van der Waals surface area (Å²) >= 11 is 6.22. The number of hydrogen-bond donors (Lipinski definition) is 2. The minimum Gasteiger partial charge on any atom is -0.494 e. The van der Waals surface area contributed by atoms with Gasteiger partial charge in [-0.05, 0) is 67.4 Å². The number of carbonyl (C=O) groups excluding carboxylic acids is 1. The molecule has 0 unspecified atom stereocenters. The predicted molar refractivity (Wildman–Crippen MR) is 126 cm³/mol. The summed E-state index contributed by atoms with van der Waals surface area (Å²) in [6.45, 7) is 4.77. The lowest BCUT2D eigenvalue weighted by Crippen LogP contribution is -2.11. The number of aryl methyl sites for hydroxylation is 1. The molecule has 0 spiro atoms. The smallest absolute Gasteiger partial charge is 0.255 e. The lowest BCUT2D eigenvalue weighted by atomic mass is 10.1. The van der Waals surface area contributed by atoms with Crippen molar-refractivity contribution in [2.45, 2.75) is 26.7 Å². The third-order valence-electron chi connectivity index (χ3n) is 5.04. The first-order chi connectivity index (χ1) is 15.0. The Labute approximate surface area is 186 Å². The Balaban J connectivity index is 1.49. The van der Waals surface area contributed by atoms with E-state index in [1.807, 2.05) is 55.5 Å². The molecule has 0 atom stereocenters. The quantitative estimate of drug-likeness (QED) is 0.322. The molecule has 5 nitrogen and oxygen atoms in total. The summed E-state index contributed by atoms with van der Waals surface area (Å²) in [6.07, 6.45) is 2.09. The van der Waals surface area contributed by atoms with Gasteiger partial charge in [-0.15, -0.1) is 0 Å². The van der Waals surface area contributed by atoms with Crippen LogP contribution in [-0.2, 0) is 0 Å². The molecule has 0 aliphatic rings. The normalized spacial score (nSPS) is 10.9. The Morgan fingerprint density at radius 2 is 1.94 bits per heavy atom. The summed E-state index contributed by atoms with van der Waals surface area (Å²) in [5.74, 6) is 1.32. The second-order valence-electron chi connectivity index (χ2n) is 7.47. The number of H-pyrrole nitrogens is 1. The number of fused-ring (bicyclic) bond motifs is 1. The first-order valence-electron chi connectivity index (χ1n) is 10.3. The van der Waals surface area contributed by atoms with Gasteiger partial charge in [-0.3, -0.25) is 4.79 Å². The standard InChI is InChI=1S/C25H24ClN3O2/c1-3-4-12-31-20-10-8-17(9-11-20)25(30)27-19-7-5-6-18(14-19)24-28-22-13-16(2)21(26)15-23(22)29-24/h5-11,13-15H,3-4,12H2,1-2H3,(H,27,30)(H,28,29). The van der Waals surface area contributed by atoms with Crippen LogP contribution in [0.3, 0.4) is 0 Å². The first kappa shape index (κ1) is 20.9. The summed E-state index contributed by atoms with van der Waals surface area (Å²) in [5, 5.41) is 3.64. The zero-order chi connectivity index (χ0) is 21.8. The molecule has 6 heteroatoms. The molecule has 0 radical (unpaired) electrons. The predicted octanol–water partition coefficient (Wildman–Crippen LogP) is 6.62. The van der Waals surface area contributed by atoms with Crippen LogP contribution < -0.4 is 10.1 Å². The maximum absolute atomic E-state index is 12.7. The second kappa shape index (κ2) is 9.23. The van der Waals surface area contributed by atoms with Crippen molar-refractivity contribution in [2.75, 3.05) is 11.9 Å². The molecule has 1 heterocycles. The number of ether oxygens (including phenoxy) is 1. The summed E-state index contributed by atoms with van der Waals surface area (Å²) in [5.41, 5.74) is 4.87. The van der Waals surface area contributed by atoms with Gasteiger partial charge in [0.1, 0.15) is 11.6 Å². The van der Waals surface area contributed by atoms with Crippen LogP contribution in [0.25, 0.3) is 22.4 Å². The van der Waals surface area contributed by atoms with E-state index in [0.717, 1.165) is 46.6 Å². The van der Waals surface area contributed by atoms with Crippen molar-refractivity contribution < 1.29 is 9.53 Å². The zero-order valence-corrected chi connectivity index (χ0v) is 18.3. The van der Waals surface area contributed by atoms with Crippen molar-refractivity contribution in [3.05, 3.63) is 76.8 Å². The molecular weight excluding hydrogens is 410 g/mol. The highest BCUT2D eigenvalue weighted by atomic mass is 35.5. The van der Waals surface area contributed by atoms with Gasteiger partial charge in [0.2, 0.25) is 0 Å². The molecule has 0 fully saturated rings. The molecule has 2 N–H and O–H groups in total. The third kappa shape index (κ3) is 4.89. The molecule has 3 aromatic carbocycles. The number of benzene rings is 3. The summed E-state index contributed by atoms with van der Waals surface area (Å²) in [7, 11) is 0. The number of rotatable bonds is 7. The Morgan fingerprint density at radius 3 is 2.71 bits per heavy atom. The zero-order valence-electron chi connectivity index (χ0n) is 17.5. The molecule has 0 bridgehead atoms. The van der Waals surface area contributed by atoms with Crippen LogP contribution in [0.15, 0.2) is 60.7 Å². The van der Waals surface area contributed by atoms with Gasteiger partial charge >= 0.3 is 0 Å². The fourth-order valence-electron chi connectivity index (χ4n) is 3.26. The fraction of sp³-hybridized carbons (Fsp3) is 0.200. The Hall–Kier alpha value is -3.31. The van der Waals surface area contributed by atoms with Crippen molar-refractivity contribution in [1.82, 2.24) is 9.97 Å². The maximum Gasteiger partial charge on any atom is 0.255 e. The topological polar surface area (TPSA) is 67.0 Å². The van der Waals surface area contributed by atoms with Crippen molar-refractivity contribution in [1.29, 1.82) is 0 Å². The van der Waals surface area contributed by atoms with Gasteiger partial charge in [-0.1, -0.05) is 37.1 Å². The number of aromatic nitrogens is 2. The van der Waals surface area contributed by atoms with Crippen LogP contribution in [0.5, 0.6) is 5.75 Å². The molecule has 0 saturated heterocycles. The number of halogens is 1. The highest BCUT2D eigenvalue weighted by molar-refractivity contribution is 6.32. The largest absolute Gasteiger partial charge is 0.494 e. The van der Waals surface area contributed by atoms with E-state index in [0.29, 0.717) is 22.9 Å². The molecule has 0 aliphatic heterocycles. The van der Waals surface area contributed by atoms with Gasteiger partial charge in [0, 0.05) is 21.8 Å². The number of nitrogens with zero attached hydrogens (tertiary/aromatic N) is 1. The number of hydrogen-bond acceptors (Lipinski definition) is 3. The average Bonchev–Trinajstić information content (AvgIpc) is 3.17. The van der Waals surface area contributed by atoms with Crippen LogP contribution >= 0.6 is 11.6 Å². The first-order valence-corrected chi connectivity index (χ1v) is 10.7. The van der Waals surface area contributed by atoms with Gasteiger partial charge in [0.15, 0.2) is 0 Å². The van der Waals surface area contributed by atoms with Crippen molar-refractivity contribution in [3.8, 4) is 17.1 Å². The van der Waals surface area contributed by atoms with Crippen molar-refractivity contribution >= 4 is 34.2 Å². The molecule has 1 amide bonds. The lowest BCUT2D eigenvalue weighted by Gasteiger charge is -2.08. The molecule has 158 valence electrons. The van der Waals surface area contributed by atoms with Crippen LogP contribution in [0.2, 0.25) is 5.02 Å². The fourth-order valence-corrected chi connectivity index (χ4v) is 3.42. The van der Waals surface area contributed by atoms with Gasteiger partial charge in [0.25, 0.3) is 5.91 Å². The molecule has 31 heavy (non-hydrogen) atoms. The van der Waals surface area contributed by atoms with Gasteiger partial charge in [-0.2, -0.15) is 0 Å². The maximum atomic E-state index is 12.7. The molecule has 4 rings (SSSR count). The molecule has 1 aromatic heterocycles. The Kier molecular flexibility index (Phi) is 6.23. The lowest BCUT2D eigenvalue weighted by molar-refractivity contribution is 0.102. The third-order valence-corrected chi connectivity index (χ3v) is 5.45. The number of nitrogens with one attached hydrogen (secondary N) is 2. The van der Waals surface area contributed by atoms with Crippen LogP contribution in [-0.4, -0.2) is 22.5 Å². The van der Waals surface area contributed by atoms with Crippen LogP contribution in [0, 0.1) is 6.92 Å². The van der Waals surface area contributed by atoms with Crippen LogP contribution in [0.4, 0.5) is 5.69 Å². The van der Waals surface area contributed by atoms with Crippen LogP contribution in [0.1, 0.15) is 35.7 Å². The number of unbranched alkanes of at least 4 members (excludes halogenated alkanes) is 1. The van der Waals surface area contributed by atoms with E-state index in [2.05, 4.69) is 22.2 Å². The summed E-state index contributed by atoms with van der Waals surface area (Å²) in [4.78, 5) is 20.6. The minimum absolute atomic E-state index is 0.177. The van der Waals surface area contributed by atoms with E-state index in [9.17, 15) is 4.79 Å². The van der Waals surface area contributed by atoms with Gasteiger partial charge in [-0.25, -0.2) is 4.98 Å². The van der Waals surface area contributed by atoms with Crippen molar-refractivity contribution in [3.63, 3.8) is 0 Å². The number of anilines is 1. The minimum atomic E-state index is -0.177. The van der Waals surface area contributed by atoms with E-state index in [1.54, 1.807) is 12.1 Å². The summed E-state index contributed by atoms with van der Waals surface area (Å²) in [6, 6.07) is 18.6. The number of aromatic amines is 1. The number of amides is 1. The van der Waals surface area contributed by atoms with E-state index < -0.39 is 0 Å². The Bertz CT molecular complexity index is 1180. The van der Waals surface area contributed by atoms with Gasteiger partial charge in [0.05, 0.1) is 17.6 Å². The molecule has 0 aliphatic carbocycles. The SMILES string of the molecule is CCCCOc1ccc(C(=O)Nc2cccc(-c3nc4cc(Cl)c(C)cc4[nH]3)c2)cc1. The molecule has 0 saturated carbocycles. The van der Waals surface area contributed by atoms with E-state index in [-0.39, 0.29) is 5.91 Å². The van der Waals surface area contributed by atoms with Crippen molar-refractivity contribution in [2.24, 2.45) is 0 Å². The molecular formula is C25H24ClN3O2. The summed E-state index contributed by atoms with van der Waals surface area (Å²) < 4.78 is 5.65. The Morgan fingerprint density at radius 1 is 1.13 bits per heavy atom. The number of carbonyl (C=O) groups is 1. The van der Waals surface area contributed by atoms with E-state index in [4.69, 9.17) is 16.3 Å². The van der Waals surface area contributed by atoms with E-state index in [1.165, 1.54) is 0 Å². The van der Waals surface area contributed by atoms with Gasteiger partial charge < -0.3 is 15.0 Å². The van der Waals surface area contributed by atoms with E-state index >= 15 is 0 Å².